The first-order chi connectivity index (χ1) is 15.9. The number of allylic oxidation sites excluding steroid dienone is 2. The van der Waals surface area contributed by atoms with Gasteiger partial charge in [-0.05, 0) is 80.0 Å². The van der Waals surface area contributed by atoms with Crippen LogP contribution in [0.25, 0.3) is 0 Å². The molecule has 1 heterocycles. The van der Waals surface area contributed by atoms with Crippen molar-refractivity contribution >= 4 is 35.0 Å². The monoisotopic (exact) mass is 447 g/mol. The predicted octanol–water partition coefficient (Wildman–Crippen LogP) is 3.20. The van der Waals surface area contributed by atoms with Gasteiger partial charge in [-0.3, -0.25) is 24.1 Å². The minimum Gasteiger partial charge on any atom is -0.326 e. The highest BCUT2D eigenvalue weighted by atomic mass is 16.2. The number of hydrogen-bond donors (Lipinski definition) is 2. The number of nitrogens with one attached hydrogen (secondary N) is 2. The molecule has 0 unspecified atom stereocenters. The first-order valence-corrected chi connectivity index (χ1v) is 12.2. The van der Waals surface area contributed by atoms with Crippen molar-refractivity contribution in [1.29, 1.82) is 0 Å². The molecule has 2 N–H and O–H groups in total. The van der Waals surface area contributed by atoms with E-state index in [-0.39, 0.29) is 59.3 Å². The van der Waals surface area contributed by atoms with E-state index >= 15 is 0 Å². The Morgan fingerprint density at radius 3 is 1.85 bits per heavy atom. The van der Waals surface area contributed by atoms with Crippen molar-refractivity contribution in [2.45, 2.75) is 45.1 Å². The lowest BCUT2D eigenvalue weighted by Crippen LogP contribution is -2.44. The number of nitrogens with zero attached hydrogens (tertiary/aromatic N) is 1. The maximum absolute atomic E-state index is 13.3. The Morgan fingerprint density at radius 1 is 0.818 bits per heavy atom. The molecule has 3 saturated carbocycles. The molecule has 33 heavy (non-hydrogen) atoms. The number of carbonyl (C=O) groups is 4. The molecule has 6 aliphatic rings. The number of carbonyl (C=O) groups excluding carboxylic acids is 4. The maximum atomic E-state index is 13.3. The van der Waals surface area contributed by atoms with E-state index in [9.17, 15) is 19.2 Å². The summed E-state index contributed by atoms with van der Waals surface area (Å²) in [5.74, 6) is 1.25. The van der Waals surface area contributed by atoms with Gasteiger partial charge in [0.05, 0.1) is 11.8 Å². The highest BCUT2D eigenvalue weighted by Gasteiger charge is 2.67. The molecule has 0 aromatic heterocycles. The molecule has 7 heteroatoms. The minimum atomic E-state index is -0.141. The summed E-state index contributed by atoms with van der Waals surface area (Å²) in [7, 11) is 0. The third-order valence-corrected chi connectivity index (χ3v) is 8.60. The average Bonchev–Trinajstić information content (AvgIpc) is 3.58. The lowest BCUT2D eigenvalue weighted by atomic mass is 9.63. The van der Waals surface area contributed by atoms with Gasteiger partial charge >= 0.3 is 0 Å². The van der Waals surface area contributed by atoms with E-state index in [4.69, 9.17) is 0 Å². The second kappa shape index (κ2) is 7.54. The second-order valence-corrected chi connectivity index (χ2v) is 10.5. The van der Waals surface area contributed by atoms with Crippen LogP contribution < -0.4 is 10.6 Å². The van der Waals surface area contributed by atoms with E-state index in [1.165, 1.54) is 13.3 Å². The first-order valence-electron chi connectivity index (χ1n) is 12.2. The van der Waals surface area contributed by atoms with Crippen LogP contribution in [-0.2, 0) is 19.2 Å². The SMILES string of the molecule is CC(=O)Nc1ccc(NC(=O)C2CCC(N3C(=O)[C@@H]4[C@@H]5C=C[C@H]([C@H]6C[C@H]56)[C@@H]4C3=O)CC2)cc1. The summed E-state index contributed by atoms with van der Waals surface area (Å²) in [5, 5.41) is 5.66. The van der Waals surface area contributed by atoms with Gasteiger partial charge < -0.3 is 10.6 Å². The van der Waals surface area contributed by atoms with Crippen LogP contribution in [0.1, 0.15) is 39.0 Å². The highest BCUT2D eigenvalue weighted by molar-refractivity contribution is 6.06. The molecule has 1 aliphatic heterocycles. The van der Waals surface area contributed by atoms with E-state index in [1.54, 1.807) is 29.2 Å². The lowest BCUT2D eigenvalue weighted by Gasteiger charge is -2.37. The van der Waals surface area contributed by atoms with Gasteiger partial charge in [0, 0.05) is 30.3 Å². The Hall–Kier alpha value is -2.96. The third-order valence-electron chi connectivity index (χ3n) is 8.60. The zero-order chi connectivity index (χ0) is 22.9. The molecule has 6 atom stereocenters. The third kappa shape index (κ3) is 3.31. The van der Waals surface area contributed by atoms with Gasteiger partial charge in [0.2, 0.25) is 23.6 Å². The van der Waals surface area contributed by atoms with E-state index in [0.29, 0.717) is 48.9 Å². The summed E-state index contributed by atoms with van der Waals surface area (Å²) in [6, 6.07) is 6.97. The summed E-state index contributed by atoms with van der Waals surface area (Å²) in [6.07, 6.45) is 8.30. The van der Waals surface area contributed by atoms with Crippen molar-refractivity contribution in [2.75, 3.05) is 10.6 Å². The van der Waals surface area contributed by atoms with Gasteiger partial charge in [0.25, 0.3) is 0 Å². The Balaban J connectivity index is 1.06. The minimum absolute atomic E-state index is 0.0317. The van der Waals surface area contributed by atoms with Crippen molar-refractivity contribution in [1.82, 2.24) is 4.90 Å². The maximum Gasteiger partial charge on any atom is 0.233 e. The number of likely N-dealkylation sites (tertiary alicyclic amines) is 1. The summed E-state index contributed by atoms with van der Waals surface area (Å²) >= 11 is 0. The fraction of sp³-hybridized carbons (Fsp3) is 0.538. The van der Waals surface area contributed by atoms with E-state index in [0.717, 1.165) is 0 Å². The average molecular weight is 448 g/mol. The van der Waals surface area contributed by atoms with Crippen molar-refractivity contribution in [2.24, 2.45) is 41.4 Å². The molecule has 1 aromatic carbocycles. The van der Waals surface area contributed by atoms with Crippen LogP contribution >= 0.6 is 0 Å². The topological polar surface area (TPSA) is 95.6 Å². The van der Waals surface area contributed by atoms with E-state index in [2.05, 4.69) is 22.8 Å². The number of amides is 4. The van der Waals surface area contributed by atoms with Gasteiger partial charge in [0.15, 0.2) is 0 Å². The Bertz CT molecular complexity index is 1020. The molecule has 2 bridgehead atoms. The van der Waals surface area contributed by atoms with Crippen molar-refractivity contribution < 1.29 is 19.2 Å². The van der Waals surface area contributed by atoms with Gasteiger partial charge in [-0.15, -0.1) is 0 Å². The summed E-state index contributed by atoms with van der Waals surface area (Å²) in [4.78, 5) is 52.2. The quantitative estimate of drug-likeness (QED) is 0.547. The molecular formula is C26H29N3O4. The van der Waals surface area contributed by atoms with Crippen LogP contribution in [-0.4, -0.2) is 34.6 Å². The zero-order valence-electron chi connectivity index (χ0n) is 18.7. The Kier molecular flexibility index (Phi) is 4.71. The van der Waals surface area contributed by atoms with Gasteiger partial charge in [-0.1, -0.05) is 12.2 Å². The van der Waals surface area contributed by atoms with Crippen LogP contribution in [0.4, 0.5) is 11.4 Å². The molecular weight excluding hydrogens is 418 g/mol. The van der Waals surface area contributed by atoms with Gasteiger partial charge in [0.1, 0.15) is 0 Å². The largest absolute Gasteiger partial charge is 0.326 e. The Labute approximate surface area is 193 Å². The number of benzene rings is 1. The molecule has 4 fully saturated rings. The summed E-state index contributed by atoms with van der Waals surface area (Å²) in [6.45, 7) is 1.45. The van der Waals surface area contributed by atoms with E-state index < -0.39 is 0 Å². The fourth-order valence-electron chi connectivity index (χ4n) is 7.02. The first kappa shape index (κ1) is 20.6. The van der Waals surface area contributed by atoms with Crippen molar-refractivity contribution in [3.8, 4) is 0 Å². The molecule has 1 aromatic rings. The molecule has 7 nitrogen and oxygen atoms in total. The van der Waals surface area contributed by atoms with E-state index in [1.807, 2.05) is 0 Å². The normalized spacial score (nSPS) is 38.0. The van der Waals surface area contributed by atoms with Gasteiger partial charge in [-0.25, -0.2) is 0 Å². The van der Waals surface area contributed by atoms with Crippen LogP contribution in [0.15, 0.2) is 36.4 Å². The molecule has 0 radical (unpaired) electrons. The van der Waals surface area contributed by atoms with Crippen LogP contribution in [0.3, 0.4) is 0 Å². The number of rotatable bonds is 4. The van der Waals surface area contributed by atoms with Gasteiger partial charge in [-0.2, -0.15) is 0 Å². The Morgan fingerprint density at radius 2 is 1.33 bits per heavy atom. The summed E-state index contributed by atoms with van der Waals surface area (Å²) < 4.78 is 0. The lowest BCUT2D eigenvalue weighted by molar-refractivity contribution is -0.144. The smallest absolute Gasteiger partial charge is 0.233 e. The van der Waals surface area contributed by atoms with Crippen LogP contribution in [0, 0.1) is 41.4 Å². The predicted molar refractivity (Wildman–Crippen MR) is 122 cm³/mol. The van der Waals surface area contributed by atoms with Crippen molar-refractivity contribution in [3.05, 3.63) is 36.4 Å². The van der Waals surface area contributed by atoms with Crippen LogP contribution in [0.5, 0.6) is 0 Å². The number of anilines is 2. The molecule has 7 rings (SSSR count). The van der Waals surface area contributed by atoms with Crippen LogP contribution in [0.2, 0.25) is 0 Å². The number of hydrogen-bond acceptors (Lipinski definition) is 4. The fourth-order valence-corrected chi connectivity index (χ4v) is 7.02. The standard InChI is InChI=1S/C26H29N3O4/c1-13(30)27-15-4-6-16(7-5-15)28-24(31)14-2-8-17(9-3-14)29-25(32)22-18-10-11-19(21-12-20(18)21)23(22)26(29)33/h4-7,10-11,14,17-23H,2-3,8-9,12H2,1H3,(H,27,30)(H,28,31)/t14?,17?,18-,19-,20-,21-,22-,23+/m1/s1. The molecule has 172 valence electrons. The molecule has 4 amide bonds. The summed E-state index contributed by atoms with van der Waals surface area (Å²) in [5.41, 5.74) is 1.37. The molecule has 5 aliphatic carbocycles. The second-order valence-electron chi connectivity index (χ2n) is 10.5. The molecule has 1 saturated heterocycles. The number of imide groups is 1. The highest BCUT2D eigenvalue weighted by Crippen LogP contribution is 2.65. The molecule has 0 spiro atoms. The van der Waals surface area contributed by atoms with Crippen molar-refractivity contribution in [3.63, 3.8) is 0 Å². The zero-order valence-corrected chi connectivity index (χ0v) is 18.7.